The van der Waals surface area contributed by atoms with Crippen molar-refractivity contribution in [2.24, 2.45) is 0 Å². The van der Waals surface area contributed by atoms with E-state index in [-0.39, 0.29) is 28.4 Å². The summed E-state index contributed by atoms with van der Waals surface area (Å²) in [4.78, 5) is 0. The van der Waals surface area contributed by atoms with Crippen LogP contribution in [0.4, 0.5) is 13.2 Å². The van der Waals surface area contributed by atoms with Gasteiger partial charge in [-0.1, -0.05) is 60.7 Å². The minimum atomic E-state index is -4.47. The van der Waals surface area contributed by atoms with Crippen LogP contribution in [0.15, 0.2) is 84.9 Å². The maximum Gasteiger partial charge on any atom is 0.416 e. The lowest BCUT2D eigenvalue weighted by molar-refractivity contribution is -0.137. The van der Waals surface area contributed by atoms with Crippen molar-refractivity contribution in [3.05, 3.63) is 96.1 Å². The van der Waals surface area contributed by atoms with Crippen LogP contribution in [0.1, 0.15) is 24.1 Å². The number of aromatic hydroxyl groups is 2. The Morgan fingerprint density at radius 2 is 1.38 bits per heavy atom. The maximum absolute atomic E-state index is 13.1. The van der Waals surface area contributed by atoms with E-state index in [4.69, 9.17) is 0 Å². The fourth-order valence-electron chi connectivity index (χ4n) is 4.19. The normalized spacial score (nSPS) is 12.8. The molecule has 2 aromatic heterocycles. The number of benzene rings is 3. The van der Waals surface area contributed by atoms with Crippen LogP contribution in [0.2, 0.25) is 0 Å². The van der Waals surface area contributed by atoms with Crippen molar-refractivity contribution in [3.63, 3.8) is 0 Å². The molecular weight excluding hydrogens is 443 g/mol. The molecule has 5 aromatic rings. The van der Waals surface area contributed by atoms with Crippen LogP contribution in [0, 0.1) is 0 Å². The summed E-state index contributed by atoms with van der Waals surface area (Å²) in [6.07, 6.45) is -4.47. The first-order chi connectivity index (χ1) is 16.3. The van der Waals surface area contributed by atoms with Crippen LogP contribution in [0.5, 0.6) is 11.8 Å². The number of aromatic nitrogens is 3. The van der Waals surface area contributed by atoms with Crippen molar-refractivity contribution in [2.75, 3.05) is 0 Å². The molecule has 0 saturated carbocycles. The van der Waals surface area contributed by atoms with Crippen molar-refractivity contribution in [1.29, 1.82) is 0 Å². The molecule has 2 heterocycles. The highest BCUT2D eigenvalue weighted by Crippen LogP contribution is 2.46. The van der Waals surface area contributed by atoms with E-state index in [9.17, 15) is 23.4 Å². The van der Waals surface area contributed by atoms with Crippen LogP contribution in [0.3, 0.4) is 0 Å². The summed E-state index contributed by atoms with van der Waals surface area (Å²) < 4.78 is 42.1. The second-order valence-electron chi connectivity index (χ2n) is 8.00. The van der Waals surface area contributed by atoms with Crippen LogP contribution in [-0.2, 0) is 6.18 Å². The number of para-hydroxylation sites is 1. The monoisotopic (exact) mass is 463 g/mol. The van der Waals surface area contributed by atoms with Gasteiger partial charge in [0.05, 0.1) is 22.7 Å². The van der Waals surface area contributed by atoms with Gasteiger partial charge in [-0.15, -0.1) is 0 Å². The van der Waals surface area contributed by atoms with Gasteiger partial charge in [-0.25, -0.2) is 4.68 Å². The van der Waals surface area contributed by atoms with Crippen molar-refractivity contribution in [1.82, 2.24) is 14.3 Å². The lowest BCUT2D eigenvalue weighted by Gasteiger charge is -2.17. The molecular formula is C26H20F3N3O2. The predicted octanol–water partition coefficient (Wildman–Crippen LogP) is 6.53. The Balaban J connectivity index is 1.77. The van der Waals surface area contributed by atoms with Gasteiger partial charge in [0.15, 0.2) is 0 Å². The topological polar surface area (TPSA) is 63.2 Å². The lowest BCUT2D eigenvalue weighted by atomic mass is 10.1. The molecule has 0 amide bonds. The molecule has 0 bridgehead atoms. The van der Waals surface area contributed by atoms with Gasteiger partial charge in [0.1, 0.15) is 11.2 Å². The molecule has 0 aliphatic heterocycles. The van der Waals surface area contributed by atoms with E-state index in [2.05, 4.69) is 5.10 Å². The maximum atomic E-state index is 13.1. The molecule has 0 aliphatic rings. The quantitative estimate of drug-likeness (QED) is 0.318. The second-order valence-corrected chi connectivity index (χ2v) is 8.00. The highest BCUT2D eigenvalue weighted by atomic mass is 19.4. The molecule has 0 unspecified atom stereocenters. The van der Waals surface area contributed by atoms with Crippen molar-refractivity contribution >= 4 is 10.9 Å². The van der Waals surface area contributed by atoms with Gasteiger partial charge >= 0.3 is 6.18 Å². The van der Waals surface area contributed by atoms with Crippen LogP contribution >= 0.6 is 0 Å². The molecule has 0 fully saturated rings. The average molecular weight is 463 g/mol. The third-order valence-electron chi connectivity index (χ3n) is 5.93. The molecule has 0 spiro atoms. The second kappa shape index (κ2) is 7.98. The average Bonchev–Trinajstić information content (AvgIpc) is 3.36. The summed E-state index contributed by atoms with van der Waals surface area (Å²) in [5.41, 5.74) is 1.62. The van der Waals surface area contributed by atoms with Crippen molar-refractivity contribution < 1.29 is 23.4 Å². The highest BCUT2D eigenvalue weighted by Gasteiger charge is 2.32. The molecule has 34 heavy (non-hydrogen) atoms. The number of nitrogens with zero attached hydrogens (tertiary/aromatic N) is 3. The van der Waals surface area contributed by atoms with Gasteiger partial charge in [-0.05, 0) is 36.8 Å². The SMILES string of the molecule is C[C@H](c1ccccc1)n1c(O)c2c(-c3ccc(C(F)(F)F)cc3)nn(-c3ccccc3)c2c1O. The number of fused-ring (bicyclic) bond motifs is 1. The van der Waals surface area contributed by atoms with Crippen LogP contribution in [-0.4, -0.2) is 24.6 Å². The molecule has 2 N–H and O–H groups in total. The molecule has 172 valence electrons. The van der Waals surface area contributed by atoms with Gasteiger partial charge < -0.3 is 10.2 Å². The number of hydrogen-bond donors (Lipinski definition) is 2. The molecule has 0 radical (unpaired) electrons. The zero-order chi connectivity index (χ0) is 24.0. The molecule has 0 saturated heterocycles. The molecule has 3 aromatic carbocycles. The number of alkyl halides is 3. The van der Waals surface area contributed by atoms with E-state index >= 15 is 0 Å². The third-order valence-corrected chi connectivity index (χ3v) is 5.93. The lowest BCUT2D eigenvalue weighted by Crippen LogP contribution is -2.06. The zero-order valence-electron chi connectivity index (χ0n) is 18.0. The number of rotatable bonds is 4. The van der Waals surface area contributed by atoms with Crippen molar-refractivity contribution in [2.45, 2.75) is 19.1 Å². The predicted molar refractivity (Wildman–Crippen MR) is 123 cm³/mol. The zero-order valence-corrected chi connectivity index (χ0v) is 18.0. The first-order valence-corrected chi connectivity index (χ1v) is 10.6. The fraction of sp³-hybridized carbons (Fsp3) is 0.115. The molecule has 0 aliphatic carbocycles. The fourth-order valence-corrected chi connectivity index (χ4v) is 4.19. The van der Waals surface area contributed by atoms with Gasteiger partial charge in [0, 0.05) is 5.56 Å². The van der Waals surface area contributed by atoms with Crippen LogP contribution in [0.25, 0.3) is 27.8 Å². The Morgan fingerprint density at radius 3 is 1.97 bits per heavy atom. The van der Waals surface area contributed by atoms with E-state index in [0.717, 1.165) is 17.7 Å². The van der Waals surface area contributed by atoms with E-state index in [1.54, 1.807) is 24.3 Å². The van der Waals surface area contributed by atoms with Gasteiger partial charge in [0.25, 0.3) is 0 Å². The molecule has 5 rings (SSSR count). The van der Waals surface area contributed by atoms with Crippen LogP contribution < -0.4 is 0 Å². The van der Waals surface area contributed by atoms with E-state index in [0.29, 0.717) is 11.3 Å². The van der Waals surface area contributed by atoms with Crippen molar-refractivity contribution in [3.8, 4) is 28.7 Å². The smallest absolute Gasteiger partial charge is 0.416 e. The highest BCUT2D eigenvalue weighted by molar-refractivity contribution is 6.01. The van der Waals surface area contributed by atoms with E-state index in [1.165, 1.54) is 21.4 Å². The van der Waals surface area contributed by atoms with Gasteiger partial charge in [-0.2, -0.15) is 18.3 Å². The first-order valence-electron chi connectivity index (χ1n) is 10.6. The Kier molecular flexibility index (Phi) is 5.08. The molecule has 5 nitrogen and oxygen atoms in total. The third kappa shape index (κ3) is 3.48. The summed E-state index contributed by atoms with van der Waals surface area (Å²) in [6.45, 7) is 1.84. The first kappa shape index (κ1) is 21.6. The van der Waals surface area contributed by atoms with Gasteiger partial charge in [0.2, 0.25) is 11.8 Å². The summed E-state index contributed by atoms with van der Waals surface area (Å²) in [7, 11) is 0. The Morgan fingerprint density at radius 1 is 0.794 bits per heavy atom. The minimum absolute atomic E-state index is 0.196. The largest absolute Gasteiger partial charge is 0.494 e. The standard InChI is InChI=1S/C26H20F3N3O2/c1-16(17-8-4-2-5-9-17)31-24(33)21-22(18-12-14-19(15-13-18)26(27,28)29)30-32(23(21)25(31)34)20-10-6-3-7-11-20/h2-16,33-34H,1H3/t16-/m1/s1. The molecule has 1 atom stereocenters. The summed E-state index contributed by atoms with van der Waals surface area (Å²) in [5.74, 6) is -0.417. The Bertz CT molecular complexity index is 1460. The van der Waals surface area contributed by atoms with E-state index < -0.39 is 17.8 Å². The summed E-state index contributed by atoms with van der Waals surface area (Å²) in [6, 6.07) is 22.6. The number of hydrogen-bond acceptors (Lipinski definition) is 3. The summed E-state index contributed by atoms with van der Waals surface area (Å²) >= 11 is 0. The number of halogens is 3. The van der Waals surface area contributed by atoms with Gasteiger partial charge in [-0.3, -0.25) is 4.57 Å². The van der Waals surface area contributed by atoms with E-state index in [1.807, 2.05) is 43.3 Å². The molecule has 8 heteroatoms. The minimum Gasteiger partial charge on any atom is -0.494 e. The summed E-state index contributed by atoms with van der Waals surface area (Å²) in [5, 5.41) is 27.3. The Labute approximate surface area is 192 Å². The Hall–Kier alpha value is -4.20.